The maximum atomic E-state index is 12.4. The highest BCUT2D eigenvalue weighted by Crippen LogP contribution is 2.21. The Bertz CT molecular complexity index is 478. The Morgan fingerprint density at radius 3 is 2.46 bits per heavy atom. The summed E-state index contributed by atoms with van der Waals surface area (Å²) in [5.74, 6) is 0. The zero-order valence-electron chi connectivity index (χ0n) is 6.16. The molecule has 1 aromatic rings. The molecule has 0 saturated carbocycles. The zero-order chi connectivity index (χ0) is 10.1. The molecule has 0 amide bonds. The van der Waals surface area contributed by atoms with Gasteiger partial charge in [0.05, 0.1) is 10.5 Å². The molecule has 0 unspecified atom stereocenters. The number of rotatable bonds is 1. The first kappa shape index (κ1) is 10.2. The minimum absolute atomic E-state index is 0.257. The largest absolute Gasteiger partial charge is 0.332 e. The van der Waals surface area contributed by atoms with Gasteiger partial charge in [-0.3, -0.25) is 0 Å². The van der Waals surface area contributed by atoms with E-state index in [4.69, 9.17) is 5.26 Å². The number of nitriles is 1. The van der Waals surface area contributed by atoms with Crippen molar-refractivity contribution in [3.8, 4) is 6.07 Å². The van der Waals surface area contributed by atoms with E-state index in [9.17, 15) is 12.3 Å². The molecule has 0 aliphatic rings. The predicted octanol–water partition coefficient (Wildman–Crippen LogP) is 1.98. The van der Waals surface area contributed by atoms with E-state index >= 15 is 0 Å². The second kappa shape index (κ2) is 3.44. The molecule has 0 radical (unpaired) electrons. The lowest BCUT2D eigenvalue weighted by molar-refractivity contribution is 0.552. The summed E-state index contributed by atoms with van der Waals surface area (Å²) >= 11 is 2.95. The Balaban J connectivity index is 3.36. The quantitative estimate of drug-likeness (QED) is 0.728. The molecule has 0 bridgehead atoms. The van der Waals surface area contributed by atoms with E-state index < -0.39 is 15.1 Å². The van der Waals surface area contributed by atoms with E-state index in [1.54, 1.807) is 0 Å². The zero-order valence-corrected chi connectivity index (χ0v) is 8.56. The number of nitrogens with zero attached hydrogens (tertiary/aromatic N) is 1. The molecule has 0 atom stereocenters. The topological polar surface area (TPSA) is 57.9 Å². The van der Waals surface area contributed by atoms with Crippen LogP contribution in [-0.2, 0) is 10.2 Å². The van der Waals surface area contributed by atoms with Gasteiger partial charge in [0.15, 0.2) is 0 Å². The lowest BCUT2D eigenvalue weighted by Crippen LogP contribution is -1.92. The molecule has 6 heteroatoms. The first-order valence-corrected chi connectivity index (χ1v) is 5.27. The minimum atomic E-state index is -4.69. The van der Waals surface area contributed by atoms with Crippen molar-refractivity contribution in [1.82, 2.24) is 0 Å². The minimum Gasteiger partial charge on any atom is -0.192 e. The van der Waals surface area contributed by atoms with Gasteiger partial charge in [0.25, 0.3) is 0 Å². The molecule has 0 spiro atoms. The molecular formula is C7H3BrFNO2S. The predicted molar refractivity (Wildman–Crippen MR) is 47.2 cm³/mol. The van der Waals surface area contributed by atoms with Gasteiger partial charge in [0.2, 0.25) is 0 Å². The second-order valence-electron chi connectivity index (χ2n) is 2.19. The highest BCUT2D eigenvalue weighted by Gasteiger charge is 2.13. The Kier molecular flexibility index (Phi) is 2.68. The molecule has 1 aromatic carbocycles. The Morgan fingerprint density at radius 2 is 2.08 bits per heavy atom. The molecule has 1 rings (SSSR count). The molecule has 3 nitrogen and oxygen atoms in total. The fourth-order valence-electron chi connectivity index (χ4n) is 0.738. The highest BCUT2D eigenvalue weighted by atomic mass is 79.9. The monoisotopic (exact) mass is 263 g/mol. The van der Waals surface area contributed by atoms with Crippen molar-refractivity contribution in [2.24, 2.45) is 0 Å². The van der Waals surface area contributed by atoms with Gasteiger partial charge in [0.1, 0.15) is 6.07 Å². The lowest BCUT2D eigenvalue weighted by Gasteiger charge is -1.97. The van der Waals surface area contributed by atoms with Crippen LogP contribution in [-0.4, -0.2) is 8.42 Å². The van der Waals surface area contributed by atoms with Crippen molar-refractivity contribution < 1.29 is 12.3 Å². The van der Waals surface area contributed by atoms with Crippen LogP contribution in [0.15, 0.2) is 27.6 Å². The summed E-state index contributed by atoms with van der Waals surface area (Å²) in [4.78, 5) is -0.460. The normalized spacial score (nSPS) is 10.8. The first-order valence-electron chi connectivity index (χ1n) is 3.09. The van der Waals surface area contributed by atoms with Crippen LogP contribution in [0.5, 0.6) is 0 Å². The molecule has 0 N–H and O–H groups in total. The average Bonchev–Trinajstić information content (AvgIpc) is 2.02. The second-order valence-corrected chi connectivity index (χ2v) is 4.39. The van der Waals surface area contributed by atoms with Crippen molar-refractivity contribution in [2.45, 2.75) is 4.90 Å². The van der Waals surface area contributed by atoms with Crippen molar-refractivity contribution in [2.75, 3.05) is 0 Å². The number of benzene rings is 1. The molecule has 0 aromatic heterocycles. The average molecular weight is 264 g/mol. The summed E-state index contributed by atoms with van der Waals surface area (Å²) in [7, 11) is -4.69. The van der Waals surface area contributed by atoms with Crippen LogP contribution in [0.4, 0.5) is 3.89 Å². The molecule has 0 saturated heterocycles. The van der Waals surface area contributed by atoms with Crippen molar-refractivity contribution >= 4 is 26.2 Å². The van der Waals surface area contributed by atoms with Crippen LogP contribution in [0.2, 0.25) is 0 Å². The van der Waals surface area contributed by atoms with Gasteiger partial charge in [-0.1, -0.05) is 0 Å². The van der Waals surface area contributed by atoms with Gasteiger partial charge < -0.3 is 0 Å². The van der Waals surface area contributed by atoms with E-state index in [1.165, 1.54) is 6.07 Å². The van der Waals surface area contributed by atoms with E-state index in [0.29, 0.717) is 0 Å². The van der Waals surface area contributed by atoms with Crippen molar-refractivity contribution in [3.63, 3.8) is 0 Å². The van der Waals surface area contributed by atoms with Gasteiger partial charge in [-0.15, -0.1) is 3.89 Å². The van der Waals surface area contributed by atoms with Crippen LogP contribution >= 0.6 is 15.9 Å². The number of hydrogen-bond donors (Lipinski definition) is 0. The van der Waals surface area contributed by atoms with Crippen molar-refractivity contribution in [3.05, 3.63) is 28.2 Å². The summed E-state index contributed by atoms with van der Waals surface area (Å²) in [6, 6.07) is 5.13. The summed E-state index contributed by atoms with van der Waals surface area (Å²) < 4.78 is 33.5. The molecule has 68 valence electrons. The number of halogens is 2. The Morgan fingerprint density at radius 1 is 1.46 bits per heavy atom. The SMILES string of the molecule is N#Cc1ccc(S(=O)(=O)F)cc1Br. The van der Waals surface area contributed by atoms with Crippen LogP contribution in [0.25, 0.3) is 0 Å². The number of hydrogen-bond acceptors (Lipinski definition) is 3. The van der Waals surface area contributed by atoms with Gasteiger partial charge in [-0.05, 0) is 34.1 Å². The van der Waals surface area contributed by atoms with E-state index in [0.717, 1.165) is 12.1 Å². The maximum Gasteiger partial charge on any atom is 0.332 e. The van der Waals surface area contributed by atoms with Crippen LogP contribution in [0.1, 0.15) is 5.56 Å². The van der Waals surface area contributed by atoms with Gasteiger partial charge in [0, 0.05) is 4.47 Å². The summed E-state index contributed by atoms with van der Waals surface area (Å²) in [6.45, 7) is 0. The molecule has 0 fully saturated rings. The van der Waals surface area contributed by atoms with Crippen molar-refractivity contribution in [1.29, 1.82) is 5.26 Å². The van der Waals surface area contributed by atoms with Gasteiger partial charge in [-0.2, -0.15) is 13.7 Å². The van der Waals surface area contributed by atoms with Gasteiger partial charge in [-0.25, -0.2) is 0 Å². The highest BCUT2D eigenvalue weighted by molar-refractivity contribution is 9.10. The molecular weight excluding hydrogens is 261 g/mol. The summed E-state index contributed by atoms with van der Waals surface area (Å²) in [5.41, 5.74) is 0.257. The van der Waals surface area contributed by atoms with Gasteiger partial charge >= 0.3 is 10.2 Å². The first-order chi connectivity index (χ1) is 5.95. The fourth-order valence-corrected chi connectivity index (χ4v) is 1.85. The standard InChI is InChI=1S/C7H3BrFNO2S/c8-7-3-6(13(9,11)12)2-1-5(7)4-10/h1-3H. The maximum absolute atomic E-state index is 12.4. The Hall–Kier alpha value is -0.930. The smallest absolute Gasteiger partial charge is 0.192 e. The van der Waals surface area contributed by atoms with Crippen LogP contribution in [0.3, 0.4) is 0 Å². The fraction of sp³-hybridized carbons (Fsp3) is 0. The molecule has 0 heterocycles. The molecule has 13 heavy (non-hydrogen) atoms. The Labute approximate surface area is 83.1 Å². The third-order valence-corrected chi connectivity index (χ3v) is 2.82. The van der Waals surface area contributed by atoms with Crippen LogP contribution < -0.4 is 0 Å². The van der Waals surface area contributed by atoms with E-state index in [-0.39, 0.29) is 10.0 Å². The van der Waals surface area contributed by atoms with E-state index in [2.05, 4.69) is 15.9 Å². The molecule has 0 aliphatic heterocycles. The summed E-state index contributed by atoms with van der Waals surface area (Å²) in [6.07, 6.45) is 0. The third-order valence-electron chi connectivity index (χ3n) is 1.34. The summed E-state index contributed by atoms with van der Waals surface area (Å²) in [5, 5.41) is 8.49. The van der Waals surface area contributed by atoms with E-state index in [1.807, 2.05) is 6.07 Å². The third kappa shape index (κ3) is 2.26. The molecule has 0 aliphatic carbocycles. The van der Waals surface area contributed by atoms with Crippen LogP contribution in [0, 0.1) is 11.3 Å². The lowest BCUT2D eigenvalue weighted by atomic mass is 10.2.